The van der Waals surface area contributed by atoms with Crippen LogP contribution in [-0.4, -0.2) is 37.1 Å². The maximum Gasteiger partial charge on any atom is 0.0192 e. The molecule has 17 heavy (non-hydrogen) atoms. The van der Waals surface area contributed by atoms with Gasteiger partial charge in [-0.05, 0) is 19.9 Å². The van der Waals surface area contributed by atoms with Crippen molar-refractivity contribution in [3.8, 4) is 0 Å². The molecule has 0 spiro atoms. The zero-order chi connectivity index (χ0) is 12.3. The summed E-state index contributed by atoms with van der Waals surface area (Å²) >= 11 is 0. The van der Waals surface area contributed by atoms with E-state index in [1.807, 2.05) is 0 Å². The summed E-state index contributed by atoms with van der Waals surface area (Å²) in [5.41, 5.74) is 0. The summed E-state index contributed by atoms with van der Waals surface area (Å²) in [6, 6.07) is 0.744. The van der Waals surface area contributed by atoms with Gasteiger partial charge < -0.3 is 5.32 Å². The van der Waals surface area contributed by atoms with Gasteiger partial charge in [0.1, 0.15) is 0 Å². The Kier molecular flexibility index (Phi) is 8.72. The molecular formula is C15H32N2. The molecule has 0 saturated carbocycles. The van der Waals surface area contributed by atoms with Crippen molar-refractivity contribution >= 4 is 0 Å². The molecule has 0 aromatic rings. The predicted octanol–water partition coefficient (Wildman–Crippen LogP) is 3.42. The summed E-state index contributed by atoms with van der Waals surface area (Å²) in [6.07, 6.45) is 11.4. The van der Waals surface area contributed by atoms with E-state index in [0.29, 0.717) is 0 Å². The Hall–Kier alpha value is -0.0800. The molecule has 1 fully saturated rings. The Morgan fingerprint density at radius 3 is 2.29 bits per heavy atom. The minimum atomic E-state index is 0.744. The van der Waals surface area contributed by atoms with E-state index in [4.69, 9.17) is 0 Å². The van der Waals surface area contributed by atoms with Crippen LogP contribution in [-0.2, 0) is 0 Å². The molecule has 0 amide bonds. The third kappa shape index (κ3) is 7.05. The Labute approximate surface area is 108 Å². The molecular weight excluding hydrogens is 208 g/mol. The predicted molar refractivity (Wildman–Crippen MR) is 76.5 cm³/mol. The highest BCUT2D eigenvalue weighted by Gasteiger charge is 2.16. The van der Waals surface area contributed by atoms with Crippen molar-refractivity contribution in [1.82, 2.24) is 10.2 Å². The Morgan fingerprint density at radius 2 is 1.65 bits per heavy atom. The number of piperazine rings is 1. The van der Waals surface area contributed by atoms with Crippen molar-refractivity contribution in [2.45, 2.75) is 71.3 Å². The standard InChI is InChI=1S/C15H32N2/c1-3-4-5-6-7-8-9-10-12-17-13-11-16-14-15(17)2/h15-16H,3-14H2,1-2H3/t15-/m1/s1. The highest BCUT2D eigenvalue weighted by molar-refractivity contribution is 4.75. The molecule has 0 aromatic carbocycles. The molecule has 1 rings (SSSR count). The number of hydrogen-bond donors (Lipinski definition) is 1. The van der Waals surface area contributed by atoms with Gasteiger partial charge in [0.2, 0.25) is 0 Å². The Balaban J connectivity index is 1.86. The summed E-state index contributed by atoms with van der Waals surface area (Å²) in [5.74, 6) is 0. The SMILES string of the molecule is CCCCCCCCCCN1CCNC[C@H]1C. The van der Waals surface area contributed by atoms with Crippen LogP contribution in [0, 0.1) is 0 Å². The normalized spacial score (nSPS) is 21.9. The van der Waals surface area contributed by atoms with Crippen LogP contribution in [0.25, 0.3) is 0 Å². The number of hydrogen-bond acceptors (Lipinski definition) is 2. The Bertz CT molecular complexity index is 170. The van der Waals surface area contributed by atoms with E-state index in [9.17, 15) is 0 Å². The monoisotopic (exact) mass is 240 g/mol. The lowest BCUT2D eigenvalue weighted by molar-refractivity contribution is 0.170. The highest BCUT2D eigenvalue weighted by Crippen LogP contribution is 2.10. The van der Waals surface area contributed by atoms with Crippen LogP contribution in [0.2, 0.25) is 0 Å². The molecule has 0 bridgehead atoms. The average molecular weight is 240 g/mol. The van der Waals surface area contributed by atoms with Crippen molar-refractivity contribution in [2.75, 3.05) is 26.2 Å². The lowest BCUT2D eigenvalue weighted by Gasteiger charge is -2.33. The van der Waals surface area contributed by atoms with E-state index in [1.165, 1.54) is 77.5 Å². The quantitative estimate of drug-likeness (QED) is 0.621. The second-order valence-electron chi connectivity index (χ2n) is 5.56. The third-order valence-corrected chi connectivity index (χ3v) is 3.94. The van der Waals surface area contributed by atoms with Gasteiger partial charge in [-0.3, -0.25) is 4.90 Å². The first kappa shape index (κ1) is 15.0. The van der Waals surface area contributed by atoms with Crippen molar-refractivity contribution in [2.24, 2.45) is 0 Å². The van der Waals surface area contributed by atoms with Gasteiger partial charge in [0, 0.05) is 25.7 Å². The van der Waals surface area contributed by atoms with Crippen LogP contribution >= 0.6 is 0 Å². The fourth-order valence-electron chi connectivity index (χ4n) is 2.66. The molecule has 1 saturated heterocycles. The van der Waals surface area contributed by atoms with Gasteiger partial charge in [-0.25, -0.2) is 0 Å². The number of rotatable bonds is 9. The molecule has 0 aromatic heterocycles. The van der Waals surface area contributed by atoms with Crippen molar-refractivity contribution in [3.63, 3.8) is 0 Å². The van der Waals surface area contributed by atoms with E-state index < -0.39 is 0 Å². The molecule has 1 atom stereocenters. The number of unbranched alkanes of at least 4 members (excludes halogenated alkanes) is 7. The summed E-state index contributed by atoms with van der Waals surface area (Å²) in [7, 11) is 0. The van der Waals surface area contributed by atoms with Crippen LogP contribution in [0.15, 0.2) is 0 Å². The van der Waals surface area contributed by atoms with E-state index in [-0.39, 0.29) is 0 Å². The van der Waals surface area contributed by atoms with Crippen molar-refractivity contribution in [3.05, 3.63) is 0 Å². The zero-order valence-electron chi connectivity index (χ0n) is 12.0. The number of nitrogens with one attached hydrogen (secondary N) is 1. The van der Waals surface area contributed by atoms with Gasteiger partial charge >= 0.3 is 0 Å². The lowest BCUT2D eigenvalue weighted by atomic mass is 10.1. The Morgan fingerprint density at radius 1 is 1.00 bits per heavy atom. The summed E-state index contributed by atoms with van der Waals surface area (Å²) < 4.78 is 0. The first-order chi connectivity index (χ1) is 8.34. The molecule has 1 aliphatic heterocycles. The molecule has 1 heterocycles. The maximum absolute atomic E-state index is 3.45. The molecule has 0 radical (unpaired) electrons. The molecule has 0 unspecified atom stereocenters. The van der Waals surface area contributed by atoms with Gasteiger partial charge in [-0.15, -0.1) is 0 Å². The van der Waals surface area contributed by atoms with Crippen LogP contribution in [0.5, 0.6) is 0 Å². The van der Waals surface area contributed by atoms with Gasteiger partial charge in [0.05, 0.1) is 0 Å². The zero-order valence-corrected chi connectivity index (χ0v) is 12.0. The summed E-state index contributed by atoms with van der Waals surface area (Å²) in [5, 5.41) is 3.45. The molecule has 2 nitrogen and oxygen atoms in total. The molecule has 0 aliphatic carbocycles. The largest absolute Gasteiger partial charge is 0.314 e. The fourth-order valence-corrected chi connectivity index (χ4v) is 2.66. The van der Waals surface area contributed by atoms with Crippen molar-refractivity contribution in [1.29, 1.82) is 0 Å². The topological polar surface area (TPSA) is 15.3 Å². The van der Waals surface area contributed by atoms with Crippen LogP contribution in [0.4, 0.5) is 0 Å². The molecule has 2 heteroatoms. The summed E-state index contributed by atoms with van der Waals surface area (Å²) in [6.45, 7) is 9.55. The van der Waals surface area contributed by atoms with Crippen LogP contribution in [0.3, 0.4) is 0 Å². The second kappa shape index (κ2) is 9.90. The first-order valence-electron chi connectivity index (χ1n) is 7.79. The smallest absolute Gasteiger partial charge is 0.0192 e. The van der Waals surface area contributed by atoms with Gasteiger partial charge in [-0.1, -0.05) is 51.9 Å². The lowest BCUT2D eigenvalue weighted by Crippen LogP contribution is -2.49. The summed E-state index contributed by atoms with van der Waals surface area (Å²) in [4.78, 5) is 2.65. The molecule has 1 aliphatic rings. The molecule has 102 valence electrons. The number of nitrogens with zero attached hydrogens (tertiary/aromatic N) is 1. The van der Waals surface area contributed by atoms with Crippen LogP contribution in [0.1, 0.15) is 65.2 Å². The van der Waals surface area contributed by atoms with Crippen LogP contribution < -0.4 is 5.32 Å². The van der Waals surface area contributed by atoms with Crippen molar-refractivity contribution < 1.29 is 0 Å². The third-order valence-electron chi connectivity index (χ3n) is 3.94. The highest BCUT2D eigenvalue weighted by atomic mass is 15.2. The van der Waals surface area contributed by atoms with E-state index in [0.717, 1.165) is 6.04 Å². The minimum Gasteiger partial charge on any atom is -0.314 e. The van der Waals surface area contributed by atoms with E-state index in [1.54, 1.807) is 0 Å². The minimum absolute atomic E-state index is 0.744. The van der Waals surface area contributed by atoms with E-state index in [2.05, 4.69) is 24.1 Å². The average Bonchev–Trinajstić information content (AvgIpc) is 2.35. The van der Waals surface area contributed by atoms with E-state index >= 15 is 0 Å². The molecule has 1 N–H and O–H groups in total. The second-order valence-corrected chi connectivity index (χ2v) is 5.56. The van der Waals surface area contributed by atoms with Gasteiger partial charge in [-0.2, -0.15) is 0 Å². The first-order valence-corrected chi connectivity index (χ1v) is 7.79. The van der Waals surface area contributed by atoms with Gasteiger partial charge in [0.25, 0.3) is 0 Å². The fraction of sp³-hybridized carbons (Fsp3) is 1.00. The van der Waals surface area contributed by atoms with Gasteiger partial charge in [0.15, 0.2) is 0 Å². The maximum atomic E-state index is 3.45.